The maximum atomic E-state index is 10.2. The van der Waals surface area contributed by atoms with Crippen LogP contribution < -0.4 is 0 Å². The van der Waals surface area contributed by atoms with Crippen LogP contribution in [0.4, 0.5) is 0 Å². The molecular formula is C17H32N2O2. The lowest BCUT2D eigenvalue weighted by Crippen LogP contribution is -2.40. The fourth-order valence-electron chi connectivity index (χ4n) is 2.48. The van der Waals surface area contributed by atoms with E-state index in [-0.39, 0.29) is 17.8 Å². The lowest BCUT2D eigenvalue weighted by Gasteiger charge is -2.39. The van der Waals surface area contributed by atoms with E-state index in [4.69, 9.17) is 4.74 Å². The summed E-state index contributed by atoms with van der Waals surface area (Å²) >= 11 is 0. The highest BCUT2D eigenvalue weighted by Gasteiger charge is 2.37. The molecule has 1 atom stereocenters. The van der Waals surface area contributed by atoms with Gasteiger partial charge in [-0.25, -0.2) is 0 Å². The molecule has 0 aromatic rings. The number of hydrogen-bond donors (Lipinski definition) is 0. The summed E-state index contributed by atoms with van der Waals surface area (Å²) in [7, 11) is 2.14. The molecule has 4 nitrogen and oxygen atoms in total. The van der Waals surface area contributed by atoms with Crippen LogP contribution in [0.15, 0.2) is 0 Å². The minimum atomic E-state index is -0.0265. The maximum Gasteiger partial charge on any atom is 0.155 e. The summed E-state index contributed by atoms with van der Waals surface area (Å²) in [6.07, 6.45) is 4.20. The summed E-state index contributed by atoms with van der Waals surface area (Å²) in [6.45, 7) is 11.1. The van der Waals surface area contributed by atoms with Crippen LogP contribution in [-0.4, -0.2) is 44.0 Å². The topological polar surface area (TPSA) is 53.3 Å². The Hall–Kier alpha value is -0.920. The normalized spacial score (nSPS) is 19.0. The molecule has 122 valence electrons. The molecule has 0 aliphatic carbocycles. The van der Waals surface area contributed by atoms with E-state index in [1.165, 1.54) is 6.92 Å². The molecule has 1 aliphatic rings. The number of likely N-dealkylation sites (tertiary alicyclic amines) is 1. The number of ether oxygens (including phenoxy) is 1. The number of piperidine rings is 1. The third-order valence-corrected chi connectivity index (χ3v) is 4.31. The van der Waals surface area contributed by atoms with Crippen LogP contribution in [0.25, 0.3) is 0 Å². The third-order valence-electron chi connectivity index (χ3n) is 4.31. The average molecular weight is 296 g/mol. The molecule has 1 aliphatic heterocycles. The van der Waals surface area contributed by atoms with Crippen molar-refractivity contribution in [3.05, 3.63) is 0 Å². The molecule has 1 rings (SSSR count). The van der Waals surface area contributed by atoms with Crippen molar-refractivity contribution in [1.29, 1.82) is 5.26 Å². The number of ketones is 1. The zero-order valence-electron chi connectivity index (χ0n) is 14.4. The summed E-state index contributed by atoms with van der Waals surface area (Å²) in [5.74, 6) is 0.643. The number of hydrogen-bond acceptors (Lipinski definition) is 4. The van der Waals surface area contributed by atoms with Crippen LogP contribution in [0.1, 0.15) is 53.4 Å². The van der Waals surface area contributed by atoms with E-state index >= 15 is 0 Å². The van der Waals surface area contributed by atoms with Crippen LogP contribution >= 0.6 is 0 Å². The highest BCUT2D eigenvalue weighted by atomic mass is 16.5. The molecule has 0 saturated carbocycles. The smallest absolute Gasteiger partial charge is 0.155 e. The van der Waals surface area contributed by atoms with E-state index in [0.717, 1.165) is 38.8 Å². The highest BCUT2D eigenvalue weighted by molar-refractivity contribution is 5.76. The van der Waals surface area contributed by atoms with Crippen LogP contribution in [0, 0.1) is 22.7 Å². The van der Waals surface area contributed by atoms with Crippen LogP contribution in [0.2, 0.25) is 0 Å². The lowest BCUT2D eigenvalue weighted by atomic mass is 9.69. The maximum absolute atomic E-state index is 10.2. The Bertz CT molecular complexity index is 328. The zero-order valence-corrected chi connectivity index (χ0v) is 14.4. The van der Waals surface area contributed by atoms with Crippen molar-refractivity contribution in [1.82, 2.24) is 4.90 Å². The second-order valence-electron chi connectivity index (χ2n) is 6.14. The van der Waals surface area contributed by atoms with Crippen LogP contribution in [-0.2, 0) is 9.53 Å². The fourth-order valence-corrected chi connectivity index (χ4v) is 2.48. The minimum absolute atomic E-state index is 0.0265. The lowest BCUT2D eigenvalue weighted by molar-refractivity contribution is -0.121. The van der Waals surface area contributed by atoms with Gasteiger partial charge in [-0.3, -0.25) is 4.79 Å². The molecule has 0 N–H and O–H groups in total. The van der Waals surface area contributed by atoms with Crippen molar-refractivity contribution in [3.63, 3.8) is 0 Å². The first-order chi connectivity index (χ1) is 9.91. The Balaban J connectivity index is 0.000000433. The van der Waals surface area contributed by atoms with Gasteiger partial charge in [-0.15, -0.1) is 0 Å². The van der Waals surface area contributed by atoms with Gasteiger partial charge in [-0.2, -0.15) is 5.26 Å². The van der Waals surface area contributed by atoms with Crippen molar-refractivity contribution in [2.24, 2.45) is 11.3 Å². The molecule has 0 bridgehead atoms. The van der Waals surface area contributed by atoms with Crippen molar-refractivity contribution >= 4 is 5.78 Å². The molecule has 0 radical (unpaired) electrons. The van der Waals surface area contributed by atoms with E-state index in [2.05, 4.69) is 31.9 Å². The first-order valence-electron chi connectivity index (χ1n) is 8.08. The molecule has 4 heteroatoms. The number of nitrogens with zero attached hydrogens (tertiary/aromatic N) is 2. The van der Waals surface area contributed by atoms with Gasteiger partial charge >= 0.3 is 0 Å². The summed E-state index contributed by atoms with van der Waals surface area (Å²) < 4.78 is 4.89. The number of nitriles is 1. The monoisotopic (exact) mass is 296 g/mol. The average Bonchev–Trinajstić information content (AvgIpc) is 2.48. The molecular weight excluding hydrogens is 264 g/mol. The van der Waals surface area contributed by atoms with Gasteiger partial charge in [0.1, 0.15) is 6.61 Å². The number of carbonyl (C=O) groups excluding carboxylic acids is 1. The van der Waals surface area contributed by atoms with Gasteiger partial charge in [-0.1, -0.05) is 27.2 Å². The number of Topliss-reactive ketones (excluding diaryl/α,β-unsaturated/α-hetero) is 1. The van der Waals surface area contributed by atoms with Crippen molar-refractivity contribution < 1.29 is 9.53 Å². The largest absolute Gasteiger partial charge is 0.374 e. The van der Waals surface area contributed by atoms with Gasteiger partial charge in [-0.05, 0) is 52.2 Å². The van der Waals surface area contributed by atoms with E-state index in [0.29, 0.717) is 12.5 Å². The molecule has 0 aromatic heterocycles. The quantitative estimate of drug-likeness (QED) is 0.706. The summed E-state index contributed by atoms with van der Waals surface area (Å²) in [5, 5.41) is 9.26. The molecule has 0 aromatic carbocycles. The van der Waals surface area contributed by atoms with Gasteiger partial charge < -0.3 is 9.64 Å². The molecule has 1 saturated heterocycles. The molecule has 1 heterocycles. The third kappa shape index (κ3) is 7.59. The van der Waals surface area contributed by atoms with E-state index in [9.17, 15) is 10.1 Å². The first kappa shape index (κ1) is 20.1. The molecule has 1 fully saturated rings. The standard InChI is InChI=1S/C11H20N2.C6H12O2/c1-4-10(2)11(9-12)5-7-13(3)8-6-11;1-3-4-8-5-6(2)7/h10H,4-8H2,1-3H3;3-5H2,1-2H3. The minimum Gasteiger partial charge on any atom is -0.374 e. The molecule has 0 spiro atoms. The second-order valence-corrected chi connectivity index (χ2v) is 6.14. The van der Waals surface area contributed by atoms with Gasteiger partial charge in [0.2, 0.25) is 0 Å². The molecule has 1 unspecified atom stereocenters. The van der Waals surface area contributed by atoms with Crippen molar-refractivity contribution in [2.75, 3.05) is 33.4 Å². The van der Waals surface area contributed by atoms with Gasteiger partial charge in [0.05, 0.1) is 11.5 Å². The zero-order chi connectivity index (χ0) is 16.3. The van der Waals surface area contributed by atoms with Gasteiger partial charge in [0.15, 0.2) is 5.78 Å². The van der Waals surface area contributed by atoms with Crippen molar-refractivity contribution in [2.45, 2.75) is 53.4 Å². The Kier molecular flexibility index (Phi) is 10.3. The van der Waals surface area contributed by atoms with E-state index in [1.54, 1.807) is 0 Å². The van der Waals surface area contributed by atoms with Gasteiger partial charge in [0.25, 0.3) is 0 Å². The van der Waals surface area contributed by atoms with E-state index in [1.807, 2.05) is 6.92 Å². The Labute approximate surface area is 130 Å². The Morgan fingerprint density at radius 1 is 1.38 bits per heavy atom. The van der Waals surface area contributed by atoms with Crippen LogP contribution in [0.3, 0.4) is 0 Å². The highest BCUT2D eigenvalue weighted by Crippen LogP contribution is 2.39. The second kappa shape index (κ2) is 10.8. The summed E-state index contributed by atoms with van der Waals surface area (Å²) in [4.78, 5) is 12.5. The summed E-state index contributed by atoms with van der Waals surface area (Å²) in [5.41, 5.74) is -0.0265. The number of carbonyl (C=O) groups is 1. The van der Waals surface area contributed by atoms with E-state index < -0.39 is 0 Å². The van der Waals surface area contributed by atoms with Crippen LogP contribution in [0.5, 0.6) is 0 Å². The fraction of sp³-hybridized carbons (Fsp3) is 0.882. The Morgan fingerprint density at radius 3 is 2.33 bits per heavy atom. The Morgan fingerprint density at radius 2 is 1.95 bits per heavy atom. The number of rotatable bonds is 6. The first-order valence-corrected chi connectivity index (χ1v) is 8.08. The van der Waals surface area contributed by atoms with Crippen molar-refractivity contribution in [3.8, 4) is 6.07 Å². The predicted molar refractivity (Wildman–Crippen MR) is 86.0 cm³/mol. The molecule has 0 amide bonds. The molecule has 21 heavy (non-hydrogen) atoms. The SMILES string of the molecule is CCC(C)C1(C#N)CCN(C)CC1.CCCOCC(C)=O. The van der Waals surface area contributed by atoms with Gasteiger partial charge in [0, 0.05) is 6.61 Å². The summed E-state index contributed by atoms with van der Waals surface area (Å²) in [6, 6.07) is 2.56. The predicted octanol–water partition coefficient (Wildman–Crippen LogP) is 3.27.